The number of nitrogens with two attached hydrogens (primary N) is 1. The first-order valence-corrected chi connectivity index (χ1v) is 4.48. The van der Waals surface area contributed by atoms with Crippen LogP contribution < -0.4 is 10.5 Å². The molecular formula is C7H12N2OS. The smallest absolute Gasteiger partial charge is 0.275 e. The summed E-state index contributed by atoms with van der Waals surface area (Å²) in [5.41, 5.74) is 5.46. The van der Waals surface area contributed by atoms with Crippen LogP contribution >= 0.6 is 11.3 Å². The van der Waals surface area contributed by atoms with E-state index in [4.69, 9.17) is 10.5 Å². The molecule has 0 unspecified atom stereocenters. The van der Waals surface area contributed by atoms with E-state index in [1.807, 2.05) is 0 Å². The van der Waals surface area contributed by atoms with Crippen molar-refractivity contribution in [1.29, 1.82) is 0 Å². The van der Waals surface area contributed by atoms with Crippen LogP contribution in [0.15, 0.2) is 6.20 Å². The third-order valence-electron chi connectivity index (χ3n) is 1.23. The summed E-state index contributed by atoms with van der Waals surface area (Å²) in [7, 11) is 0. The largest absolute Gasteiger partial charge is 0.470 e. The molecule has 0 aliphatic rings. The van der Waals surface area contributed by atoms with E-state index in [1.165, 1.54) is 11.3 Å². The van der Waals surface area contributed by atoms with Gasteiger partial charge in [0.1, 0.15) is 5.00 Å². The minimum atomic E-state index is 0.677. The van der Waals surface area contributed by atoms with Crippen LogP contribution in [0.3, 0.4) is 0 Å². The maximum absolute atomic E-state index is 5.46. The van der Waals surface area contributed by atoms with Gasteiger partial charge in [-0.05, 0) is 6.42 Å². The fourth-order valence-electron chi connectivity index (χ4n) is 0.640. The van der Waals surface area contributed by atoms with Crippen molar-refractivity contribution in [3.05, 3.63) is 6.20 Å². The highest BCUT2D eigenvalue weighted by Gasteiger charge is 1.97. The Kier molecular flexibility index (Phi) is 3.16. The Bertz CT molecular complexity index is 212. The van der Waals surface area contributed by atoms with Gasteiger partial charge in [0.05, 0.1) is 12.8 Å². The van der Waals surface area contributed by atoms with Crippen LogP contribution in [0.25, 0.3) is 0 Å². The summed E-state index contributed by atoms with van der Waals surface area (Å²) >= 11 is 1.38. The summed E-state index contributed by atoms with van der Waals surface area (Å²) < 4.78 is 5.29. The van der Waals surface area contributed by atoms with Crippen molar-refractivity contribution >= 4 is 16.3 Å². The van der Waals surface area contributed by atoms with Gasteiger partial charge in [0.15, 0.2) is 0 Å². The second-order valence-corrected chi connectivity index (χ2v) is 3.26. The zero-order valence-corrected chi connectivity index (χ0v) is 7.36. The summed E-state index contributed by atoms with van der Waals surface area (Å²) in [6.07, 6.45) is 3.83. The average molecular weight is 172 g/mol. The SMILES string of the molecule is CCCCOc1ncc(N)s1. The molecule has 0 amide bonds. The summed E-state index contributed by atoms with van der Waals surface area (Å²) in [4.78, 5) is 3.96. The van der Waals surface area contributed by atoms with Gasteiger partial charge in [-0.2, -0.15) is 0 Å². The molecule has 11 heavy (non-hydrogen) atoms. The second kappa shape index (κ2) is 4.18. The minimum absolute atomic E-state index is 0.677. The van der Waals surface area contributed by atoms with Crippen molar-refractivity contribution < 1.29 is 4.74 Å². The molecule has 0 bridgehead atoms. The quantitative estimate of drug-likeness (QED) is 0.706. The Balaban J connectivity index is 2.27. The van der Waals surface area contributed by atoms with Gasteiger partial charge in [-0.15, -0.1) is 0 Å². The Morgan fingerprint density at radius 3 is 3.09 bits per heavy atom. The molecule has 0 saturated carbocycles. The first-order chi connectivity index (χ1) is 5.33. The van der Waals surface area contributed by atoms with Crippen molar-refractivity contribution in [2.24, 2.45) is 0 Å². The molecular weight excluding hydrogens is 160 g/mol. The molecule has 4 heteroatoms. The molecule has 0 aliphatic carbocycles. The molecule has 1 heterocycles. The molecule has 2 N–H and O–H groups in total. The molecule has 1 aromatic heterocycles. The highest BCUT2D eigenvalue weighted by molar-refractivity contribution is 7.17. The van der Waals surface area contributed by atoms with Gasteiger partial charge in [-0.3, -0.25) is 0 Å². The highest BCUT2D eigenvalue weighted by Crippen LogP contribution is 2.21. The summed E-state index contributed by atoms with van der Waals surface area (Å²) in [6, 6.07) is 0. The molecule has 0 spiro atoms. The molecule has 0 atom stereocenters. The fourth-order valence-corrected chi connectivity index (χ4v) is 1.20. The van der Waals surface area contributed by atoms with Gasteiger partial charge in [0.2, 0.25) is 0 Å². The maximum Gasteiger partial charge on any atom is 0.275 e. The molecule has 0 saturated heterocycles. The average Bonchev–Trinajstić information content (AvgIpc) is 2.37. The molecule has 1 aromatic rings. The van der Waals surface area contributed by atoms with E-state index < -0.39 is 0 Å². The van der Waals surface area contributed by atoms with Gasteiger partial charge in [-0.25, -0.2) is 4.98 Å². The lowest BCUT2D eigenvalue weighted by Crippen LogP contribution is -1.94. The number of rotatable bonds is 4. The third kappa shape index (κ3) is 2.76. The van der Waals surface area contributed by atoms with E-state index in [0.29, 0.717) is 10.2 Å². The lowest BCUT2D eigenvalue weighted by Gasteiger charge is -1.97. The van der Waals surface area contributed by atoms with Gasteiger partial charge < -0.3 is 10.5 Å². The van der Waals surface area contributed by atoms with Gasteiger partial charge in [0.25, 0.3) is 5.19 Å². The van der Waals surface area contributed by atoms with E-state index in [2.05, 4.69) is 11.9 Å². The highest BCUT2D eigenvalue weighted by atomic mass is 32.1. The molecule has 0 radical (unpaired) electrons. The van der Waals surface area contributed by atoms with Crippen LogP contribution in [0.5, 0.6) is 5.19 Å². The van der Waals surface area contributed by atoms with Crippen LogP contribution in [0.2, 0.25) is 0 Å². The minimum Gasteiger partial charge on any atom is -0.470 e. The van der Waals surface area contributed by atoms with Crippen molar-refractivity contribution in [3.63, 3.8) is 0 Å². The standard InChI is InChI=1S/C7H12N2OS/c1-2-3-4-10-7-9-5-6(8)11-7/h5H,2-4,8H2,1H3. The van der Waals surface area contributed by atoms with Crippen molar-refractivity contribution in [3.8, 4) is 5.19 Å². The van der Waals surface area contributed by atoms with Crippen molar-refractivity contribution in [2.45, 2.75) is 19.8 Å². The van der Waals surface area contributed by atoms with Gasteiger partial charge >= 0.3 is 0 Å². The monoisotopic (exact) mass is 172 g/mol. The normalized spacial score (nSPS) is 9.91. The zero-order chi connectivity index (χ0) is 8.10. The summed E-state index contributed by atoms with van der Waals surface area (Å²) in [5.74, 6) is 0. The summed E-state index contributed by atoms with van der Waals surface area (Å²) in [6.45, 7) is 2.86. The van der Waals surface area contributed by atoms with E-state index in [1.54, 1.807) is 6.20 Å². The van der Waals surface area contributed by atoms with Gasteiger partial charge in [0, 0.05) is 0 Å². The van der Waals surface area contributed by atoms with Crippen LogP contribution in [-0.2, 0) is 0 Å². The first-order valence-electron chi connectivity index (χ1n) is 3.67. The Hall–Kier alpha value is -0.770. The number of nitrogens with zero attached hydrogens (tertiary/aromatic N) is 1. The Labute approximate surface area is 70.2 Å². The second-order valence-electron chi connectivity index (χ2n) is 2.23. The number of aromatic nitrogens is 1. The van der Waals surface area contributed by atoms with E-state index >= 15 is 0 Å². The van der Waals surface area contributed by atoms with Crippen molar-refractivity contribution in [2.75, 3.05) is 12.3 Å². The van der Waals surface area contributed by atoms with Crippen LogP contribution in [0, 0.1) is 0 Å². The Morgan fingerprint density at radius 2 is 2.55 bits per heavy atom. The molecule has 1 rings (SSSR count). The number of anilines is 1. The predicted octanol–water partition coefficient (Wildman–Crippen LogP) is 1.90. The Morgan fingerprint density at radius 1 is 1.73 bits per heavy atom. The third-order valence-corrected chi connectivity index (χ3v) is 1.96. The number of thiazole rings is 1. The van der Waals surface area contributed by atoms with E-state index in [-0.39, 0.29) is 0 Å². The lowest BCUT2D eigenvalue weighted by atomic mass is 10.4. The maximum atomic E-state index is 5.46. The number of ether oxygens (including phenoxy) is 1. The van der Waals surface area contributed by atoms with Crippen LogP contribution in [0.4, 0.5) is 5.00 Å². The molecule has 3 nitrogen and oxygen atoms in total. The zero-order valence-electron chi connectivity index (χ0n) is 6.54. The van der Waals surface area contributed by atoms with Gasteiger partial charge in [-0.1, -0.05) is 24.7 Å². The number of hydrogen-bond acceptors (Lipinski definition) is 4. The first kappa shape index (κ1) is 8.33. The van der Waals surface area contributed by atoms with Crippen LogP contribution in [-0.4, -0.2) is 11.6 Å². The molecule has 0 aromatic carbocycles. The van der Waals surface area contributed by atoms with Crippen molar-refractivity contribution in [1.82, 2.24) is 4.98 Å². The van der Waals surface area contributed by atoms with E-state index in [9.17, 15) is 0 Å². The fraction of sp³-hybridized carbons (Fsp3) is 0.571. The van der Waals surface area contributed by atoms with Crippen LogP contribution in [0.1, 0.15) is 19.8 Å². The molecule has 0 fully saturated rings. The summed E-state index contributed by atoms with van der Waals surface area (Å²) in [5, 5.41) is 1.38. The molecule has 62 valence electrons. The number of hydrogen-bond donors (Lipinski definition) is 1. The number of nitrogen functional groups attached to an aromatic ring is 1. The topological polar surface area (TPSA) is 48.1 Å². The lowest BCUT2D eigenvalue weighted by molar-refractivity contribution is 0.308. The predicted molar refractivity (Wildman–Crippen MR) is 46.9 cm³/mol. The van der Waals surface area contributed by atoms with E-state index in [0.717, 1.165) is 19.4 Å². The number of unbranched alkanes of at least 4 members (excludes halogenated alkanes) is 1. The molecule has 0 aliphatic heterocycles.